The molecule has 0 aliphatic carbocycles. The Bertz CT molecular complexity index is 493. The van der Waals surface area contributed by atoms with E-state index in [0.29, 0.717) is 12.1 Å². The smallest absolute Gasteiger partial charge is 0.118 e. The average Bonchev–Trinajstić information content (AvgIpc) is 2.92. The van der Waals surface area contributed by atoms with Crippen LogP contribution in [0.3, 0.4) is 0 Å². The highest BCUT2D eigenvalue weighted by Gasteiger charge is 2.08. The molecule has 0 bridgehead atoms. The number of aromatic nitrogens is 2. The Kier molecular flexibility index (Phi) is 5.18. The Morgan fingerprint density at radius 3 is 2.55 bits per heavy atom. The van der Waals surface area contributed by atoms with E-state index < -0.39 is 0 Å². The summed E-state index contributed by atoms with van der Waals surface area (Å²) in [5.41, 5.74) is 1.32. The number of benzene rings is 1. The zero-order valence-corrected chi connectivity index (χ0v) is 12.4. The number of hydrogen-bond donors (Lipinski definition) is 1. The van der Waals surface area contributed by atoms with E-state index >= 15 is 0 Å². The van der Waals surface area contributed by atoms with E-state index in [2.05, 4.69) is 40.8 Å². The number of methoxy groups -OCH3 is 1. The Morgan fingerprint density at radius 2 is 1.95 bits per heavy atom. The summed E-state index contributed by atoms with van der Waals surface area (Å²) in [6.07, 6.45) is 6.67. The quantitative estimate of drug-likeness (QED) is 0.842. The highest BCUT2D eigenvalue weighted by atomic mass is 16.5. The molecule has 0 fully saturated rings. The molecule has 2 aromatic rings. The van der Waals surface area contributed by atoms with Crippen molar-refractivity contribution in [2.24, 2.45) is 0 Å². The van der Waals surface area contributed by atoms with Crippen molar-refractivity contribution in [1.82, 2.24) is 14.9 Å². The van der Waals surface area contributed by atoms with Gasteiger partial charge in [-0.3, -0.25) is 0 Å². The molecule has 1 aromatic carbocycles. The lowest BCUT2D eigenvalue weighted by molar-refractivity contribution is 0.413. The van der Waals surface area contributed by atoms with E-state index in [1.165, 1.54) is 5.56 Å². The number of nitrogens with zero attached hydrogens (tertiary/aromatic N) is 2. The molecule has 2 rings (SSSR count). The van der Waals surface area contributed by atoms with Gasteiger partial charge in [0, 0.05) is 31.0 Å². The number of hydrogen-bond acceptors (Lipinski definition) is 3. The van der Waals surface area contributed by atoms with Gasteiger partial charge < -0.3 is 14.6 Å². The second kappa shape index (κ2) is 7.10. The van der Waals surface area contributed by atoms with Crippen molar-refractivity contribution in [1.29, 1.82) is 0 Å². The first-order valence-electron chi connectivity index (χ1n) is 7.02. The van der Waals surface area contributed by atoms with E-state index in [4.69, 9.17) is 4.74 Å². The third-order valence-corrected chi connectivity index (χ3v) is 3.31. The molecule has 1 N–H and O–H groups in total. The number of rotatable bonds is 7. The second-order valence-electron chi connectivity index (χ2n) is 5.28. The molecule has 1 heterocycles. The maximum atomic E-state index is 5.17. The average molecular weight is 273 g/mol. The zero-order chi connectivity index (χ0) is 14.4. The van der Waals surface area contributed by atoms with Crippen molar-refractivity contribution in [3.8, 4) is 5.75 Å². The van der Waals surface area contributed by atoms with Gasteiger partial charge in [-0.1, -0.05) is 12.1 Å². The fourth-order valence-electron chi connectivity index (χ4n) is 2.42. The molecule has 0 saturated carbocycles. The van der Waals surface area contributed by atoms with Gasteiger partial charge in [-0.25, -0.2) is 4.98 Å². The molecule has 108 valence electrons. The first-order valence-corrected chi connectivity index (χ1v) is 7.02. The van der Waals surface area contributed by atoms with Gasteiger partial charge in [0.2, 0.25) is 0 Å². The predicted octanol–water partition coefficient (Wildman–Crippen LogP) is 2.50. The fraction of sp³-hybridized carbons (Fsp3) is 0.438. The summed E-state index contributed by atoms with van der Waals surface area (Å²) in [4.78, 5) is 4.06. The molecule has 0 aliphatic rings. The standard InChI is InChI=1S/C16H23N3O/c1-13(10-15-4-6-16(20-3)7-5-15)18-14(2)11-19-9-8-17-12-19/h4-9,12-14,18H,10-11H2,1-3H3. The molecule has 2 atom stereocenters. The molecule has 2 unspecified atom stereocenters. The Labute approximate surface area is 120 Å². The molecular weight excluding hydrogens is 250 g/mol. The summed E-state index contributed by atoms with van der Waals surface area (Å²) in [5.74, 6) is 0.905. The van der Waals surface area contributed by atoms with Crippen LogP contribution in [0, 0.1) is 0 Å². The van der Waals surface area contributed by atoms with Crippen molar-refractivity contribution in [3.63, 3.8) is 0 Å². The van der Waals surface area contributed by atoms with E-state index in [-0.39, 0.29) is 0 Å². The summed E-state index contributed by atoms with van der Waals surface area (Å²) >= 11 is 0. The lowest BCUT2D eigenvalue weighted by Gasteiger charge is -2.20. The van der Waals surface area contributed by atoms with Crippen LogP contribution in [0.25, 0.3) is 0 Å². The second-order valence-corrected chi connectivity index (χ2v) is 5.28. The lowest BCUT2D eigenvalue weighted by Crippen LogP contribution is -2.38. The van der Waals surface area contributed by atoms with Crippen LogP contribution in [-0.4, -0.2) is 28.7 Å². The third kappa shape index (κ3) is 4.38. The van der Waals surface area contributed by atoms with E-state index in [0.717, 1.165) is 18.7 Å². The van der Waals surface area contributed by atoms with Crippen LogP contribution in [0.5, 0.6) is 5.75 Å². The van der Waals surface area contributed by atoms with Gasteiger partial charge in [-0.2, -0.15) is 0 Å². The maximum Gasteiger partial charge on any atom is 0.118 e. The molecule has 1 aromatic heterocycles. The van der Waals surface area contributed by atoms with Gasteiger partial charge in [-0.15, -0.1) is 0 Å². The Balaban J connectivity index is 1.80. The van der Waals surface area contributed by atoms with Crippen LogP contribution < -0.4 is 10.1 Å². The van der Waals surface area contributed by atoms with Crippen molar-refractivity contribution < 1.29 is 4.74 Å². The van der Waals surface area contributed by atoms with E-state index in [9.17, 15) is 0 Å². The highest BCUT2D eigenvalue weighted by molar-refractivity contribution is 5.27. The van der Waals surface area contributed by atoms with Crippen LogP contribution >= 0.6 is 0 Å². The monoisotopic (exact) mass is 273 g/mol. The maximum absolute atomic E-state index is 5.17. The van der Waals surface area contributed by atoms with Crippen LogP contribution in [0.15, 0.2) is 43.0 Å². The minimum absolute atomic E-state index is 0.414. The van der Waals surface area contributed by atoms with Crippen LogP contribution in [0.4, 0.5) is 0 Å². The summed E-state index contributed by atoms with van der Waals surface area (Å²) < 4.78 is 7.27. The van der Waals surface area contributed by atoms with Gasteiger partial charge in [0.15, 0.2) is 0 Å². The van der Waals surface area contributed by atoms with Gasteiger partial charge in [0.05, 0.1) is 13.4 Å². The van der Waals surface area contributed by atoms with E-state index in [1.807, 2.05) is 30.9 Å². The SMILES string of the molecule is COc1ccc(CC(C)NC(C)Cn2ccnc2)cc1. The summed E-state index contributed by atoms with van der Waals surface area (Å²) in [5, 5.41) is 3.62. The Hall–Kier alpha value is -1.81. The summed E-state index contributed by atoms with van der Waals surface area (Å²) in [6, 6.07) is 9.11. The predicted molar refractivity (Wildman–Crippen MR) is 81.0 cm³/mol. The minimum atomic E-state index is 0.414. The first kappa shape index (κ1) is 14.6. The van der Waals surface area contributed by atoms with Gasteiger partial charge in [0.25, 0.3) is 0 Å². The molecule has 0 saturated heterocycles. The third-order valence-electron chi connectivity index (χ3n) is 3.31. The van der Waals surface area contributed by atoms with Crippen LogP contribution in [-0.2, 0) is 13.0 Å². The molecule has 4 heteroatoms. The zero-order valence-electron chi connectivity index (χ0n) is 12.4. The lowest BCUT2D eigenvalue weighted by atomic mass is 10.1. The van der Waals surface area contributed by atoms with Crippen molar-refractivity contribution in [2.75, 3.05) is 7.11 Å². The van der Waals surface area contributed by atoms with E-state index in [1.54, 1.807) is 7.11 Å². The van der Waals surface area contributed by atoms with Gasteiger partial charge in [-0.05, 0) is 38.0 Å². The molecule has 4 nitrogen and oxygen atoms in total. The Morgan fingerprint density at radius 1 is 1.20 bits per heavy atom. The molecule has 0 spiro atoms. The number of ether oxygens (including phenoxy) is 1. The topological polar surface area (TPSA) is 39.1 Å². The highest BCUT2D eigenvalue weighted by Crippen LogP contribution is 2.12. The van der Waals surface area contributed by atoms with Crippen molar-refractivity contribution >= 4 is 0 Å². The molecule has 0 radical (unpaired) electrons. The fourth-order valence-corrected chi connectivity index (χ4v) is 2.42. The first-order chi connectivity index (χ1) is 9.67. The van der Waals surface area contributed by atoms with Gasteiger partial charge in [0.1, 0.15) is 5.75 Å². The molecule has 0 aliphatic heterocycles. The molecule has 0 amide bonds. The largest absolute Gasteiger partial charge is 0.497 e. The number of imidazole rings is 1. The van der Waals surface area contributed by atoms with Gasteiger partial charge >= 0.3 is 0 Å². The summed E-state index contributed by atoms with van der Waals surface area (Å²) in [6.45, 7) is 5.35. The van der Waals surface area contributed by atoms with Crippen molar-refractivity contribution in [2.45, 2.75) is 38.9 Å². The van der Waals surface area contributed by atoms with Crippen LogP contribution in [0.2, 0.25) is 0 Å². The molecule has 20 heavy (non-hydrogen) atoms. The minimum Gasteiger partial charge on any atom is -0.497 e. The van der Waals surface area contributed by atoms with Crippen LogP contribution in [0.1, 0.15) is 19.4 Å². The molecular formula is C16H23N3O. The summed E-state index contributed by atoms with van der Waals surface area (Å²) in [7, 11) is 1.69. The normalized spacial score (nSPS) is 13.9. The number of nitrogens with one attached hydrogen (secondary N) is 1. The van der Waals surface area contributed by atoms with Crippen molar-refractivity contribution in [3.05, 3.63) is 48.5 Å².